The Labute approximate surface area is 95.3 Å². The van der Waals surface area contributed by atoms with E-state index >= 15 is 0 Å². The van der Waals surface area contributed by atoms with Gasteiger partial charge in [-0.2, -0.15) is 0 Å². The molecule has 1 fully saturated rings. The largest absolute Gasteiger partial charge is 0.369 e. The number of benzene rings is 1. The Bertz CT molecular complexity index is 535. The number of anilines is 1. The van der Waals surface area contributed by atoms with Crippen molar-refractivity contribution in [3.8, 4) is 0 Å². The van der Waals surface area contributed by atoms with Gasteiger partial charge in [0, 0.05) is 6.04 Å². The number of hydrogen-bond acceptors (Lipinski definition) is 2. The van der Waals surface area contributed by atoms with E-state index in [2.05, 4.69) is 41.6 Å². The van der Waals surface area contributed by atoms with Crippen LogP contribution in [0.15, 0.2) is 18.2 Å². The zero-order valence-electron chi connectivity index (χ0n) is 9.77. The first-order chi connectivity index (χ1) is 7.65. The van der Waals surface area contributed by atoms with Crippen LogP contribution in [0.1, 0.15) is 31.4 Å². The molecule has 1 aliphatic rings. The van der Waals surface area contributed by atoms with Gasteiger partial charge >= 0.3 is 0 Å². The van der Waals surface area contributed by atoms with Crippen molar-refractivity contribution in [2.45, 2.75) is 32.7 Å². The Morgan fingerprint density at radius 2 is 2.12 bits per heavy atom. The van der Waals surface area contributed by atoms with E-state index in [0.717, 1.165) is 11.4 Å². The smallest absolute Gasteiger partial charge is 0.201 e. The molecule has 1 aliphatic carbocycles. The van der Waals surface area contributed by atoms with Crippen molar-refractivity contribution in [3.63, 3.8) is 0 Å². The highest BCUT2D eigenvalue weighted by atomic mass is 15.2. The molecule has 2 N–H and O–H groups in total. The highest BCUT2D eigenvalue weighted by Gasteiger charge is 2.29. The van der Waals surface area contributed by atoms with Crippen LogP contribution in [0.2, 0.25) is 0 Å². The fourth-order valence-corrected chi connectivity index (χ4v) is 2.68. The standard InChI is InChI=1S/C13H17N3/c1-8-3-4-12-11(7-8)15-13(14)16(12)10-5-9(2)6-10/h3-4,7,9-10H,5-6H2,1-2H3,(H2,14,15). The summed E-state index contributed by atoms with van der Waals surface area (Å²) >= 11 is 0. The molecule has 84 valence electrons. The summed E-state index contributed by atoms with van der Waals surface area (Å²) in [6.45, 7) is 4.37. The summed E-state index contributed by atoms with van der Waals surface area (Å²) in [6, 6.07) is 6.92. The zero-order chi connectivity index (χ0) is 11.3. The summed E-state index contributed by atoms with van der Waals surface area (Å²) in [5, 5.41) is 0. The summed E-state index contributed by atoms with van der Waals surface area (Å²) in [4.78, 5) is 4.44. The van der Waals surface area contributed by atoms with Crippen molar-refractivity contribution in [2.75, 3.05) is 5.73 Å². The second-order valence-electron chi connectivity index (χ2n) is 5.06. The summed E-state index contributed by atoms with van der Waals surface area (Å²) < 4.78 is 2.20. The lowest BCUT2D eigenvalue weighted by Crippen LogP contribution is -2.25. The van der Waals surface area contributed by atoms with Crippen molar-refractivity contribution >= 4 is 17.0 Å². The molecule has 0 amide bonds. The van der Waals surface area contributed by atoms with E-state index in [1.54, 1.807) is 0 Å². The number of nitrogens with zero attached hydrogens (tertiary/aromatic N) is 2. The van der Waals surface area contributed by atoms with Crippen molar-refractivity contribution < 1.29 is 0 Å². The zero-order valence-corrected chi connectivity index (χ0v) is 9.77. The number of hydrogen-bond donors (Lipinski definition) is 1. The van der Waals surface area contributed by atoms with Crippen molar-refractivity contribution in [1.29, 1.82) is 0 Å². The number of aromatic nitrogens is 2. The maximum Gasteiger partial charge on any atom is 0.201 e. The minimum Gasteiger partial charge on any atom is -0.369 e. The molecule has 1 saturated carbocycles. The van der Waals surface area contributed by atoms with E-state index in [4.69, 9.17) is 5.73 Å². The first kappa shape index (κ1) is 9.70. The summed E-state index contributed by atoms with van der Waals surface area (Å²) in [7, 11) is 0. The molecule has 0 spiro atoms. The number of nitrogen functional groups attached to an aromatic ring is 1. The van der Waals surface area contributed by atoms with Gasteiger partial charge in [0.15, 0.2) is 0 Å². The first-order valence-corrected chi connectivity index (χ1v) is 5.89. The average molecular weight is 215 g/mol. The van der Waals surface area contributed by atoms with Gasteiger partial charge in [0.1, 0.15) is 0 Å². The molecule has 1 aromatic carbocycles. The molecule has 2 aromatic rings. The summed E-state index contributed by atoms with van der Waals surface area (Å²) in [6.07, 6.45) is 2.45. The van der Waals surface area contributed by atoms with Crippen LogP contribution in [0.5, 0.6) is 0 Å². The molecule has 16 heavy (non-hydrogen) atoms. The maximum absolute atomic E-state index is 6.01. The molecule has 0 aliphatic heterocycles. The van der Waals surface area contributed by atoms with Crippen molar-refractivity contribution in [1.82, 2.24) is 9.55 Å². The van der Waals surface area contributed by atoms with Gasteiger partial charge in [-0.1, -0.05) is 13.0 Å². The second kappa shape index (κ2) is 3.24. The Balaban J connectivity index is 2.13. The SMILES string of the molecule is Cc1ccc2c(c1)nc(N)n2C1CC(C)C1. The lowest BCUT2D eigenvalue weighted by atomic mass is 9.81. The third kappa shape index (κ3) is 1.31. The molecule has 3 nitrogen and oxygen atoms in total. The van der Waals surface area contributed by atoms with Crippen LogP contribution in [0.4, 0.5) is 5.95 Å². The fourth-order valence-electron chi connectivity index (χ4n) is 2.68. The lowest BCUT2D eigenvalue weighted by molar-refractivity contribution is 0.223. The molecule has 3 rings (SSSR count). The van der Waals surface area contributed by atoms with Crippen LogP contribution in [0.25, 0.3) is 11.0 Å². The molecule has 0 atom stereocenters. The molecule has 0 unspecified atom stereocenters. The quantitative estimate of drug-likeness (QED) is 0.794. The van der Waals surface area contributed by atoms with Crippen LogP contribution in [0.3, 0.4) is 0 Å². The van der Waals surface area contributed by atoms with E-state index in [-0.39, 0.29) is 0 Å². The van der Waals surface area contributed by atoms with E-state index in [1.165, 1.54) is 23.9 Å². The minimum absolute atomic E-state index is 0.558. The van der Waals surface area contributed by atoms with E-state index in [9.17, 15) is 0 Å². The number of nitrogens with two attached hydrogens (primary N) is 1. The van der Waals surface area contributed by atoms with Crippen LogP contribution < -0.4 is 5.73 Å². The first-order valence-electron chi connectivity index (χ1n) is 5.89. The Morgan fingerprint density at radius 3 is 2.81 bits per heavy atom. The van der Waals surface area contributed by atoms with E-state index < -0.39 is 0 Å². The maximum atomic E-state index is 6.01. The minimum atomic E-state index is 0.558. The van der Waals surface area contributed by atoms with Gasteiger partial charge in [-0.05, 0) is 43.4 Å². The summed E-state index contributed by atoms with van der Waals surface area (Å²) in [5.74, 6) is 1.49. The monoisotopic (exact) mass is 215 g/mol. The predicted octanol–water partition coefficient (Wildman–Crippen LogP) is 2.90. The number of aryl methyl sites for hydroxylation is 1. The molecule has 1 aromatic heterocycles. The molecule has 0 bridgehead atoms. The van der Waals surface area contributed by atoms with Crippen LogP contribution >= 0.6 is 0 Å². The van der Waals surface area contributed by atoms with Gasteiger partial charge in [-0.25, -0.2) is 4.98 Å². The summed E-state index contributed by atoms with van der Waals surface area (Å²) in [5.41, 5.74) is 9.45. The fraction of sp³-hybridized carbons (Fsp3) is 0.462. The average Bonchev–Trinajstić information content (AvgIpc) is 2.48. The third-order valence-corrected chi connectivity index (χ3v) is 3.59. The van der Waals surface area contributed by atoms with Crippen LogP contribution in [-0.4, -0.2) is 9.55 Å². The number of rotatable bonds is 1. The van der Waals surface area contributed by atoms with E-state index in [0.29, 0.717) is 12.0 Å². The van der Waals surface area contributed by atoms with Gasteiger partial charge in [0.2, 0.25) is 5.95 Å². The van der Waals surface area contributed by atoms with Crippen LogP contribution in [0, 0.1) is 12.8 Å². The molecular formula is C13H17N3. The van der Waals surface area contributed by atoms with Gasteiger partial charge in [-0.3, -0.25) is 0 Å². The molecular weight excluding hydrogens is 198 g/mol. The van der Waals surface area contributed by atoms with E-state index in [1.807, 2.05) is 0 Å². The van der Waals surface area contributed by atoms with Gasteiger partial charge in [0.25, 0.3) is 0 Å². The van der Waals surface area contributed by atoms with Gasteiger partial charge in [0.05, 0.1) is 11.0 Å². The molecule has 3 heteroatoms. The lowest BCUT2D eigenvalue weighted by Gasteiger charge is -2.34. The normalized spacial score (nSPS) is 24.6. The number of imidazole rings is 1. The predicted molar refractivity (Wildman–Crippen MR) is 66.3 cm³/mol. The Hall–Kier alpha value is -1.51. The molecule has 0 radical (unpaired) electrons. The Kier molecular flexibility index (Phi) is 1.96. The van der Waals surface area contributed by atoms with Gasteiger partial charge < -0.3 is 10.3 Å². The highest BCUT2D eigenvalue weighted by molar-refractivity contribution is 5.79. The van der Waals surface area contributed by atoms with Gasteiger partial charge in [-0.15, -0.1) is 0 Å². The molecule has 1 heterocycles. The van der Waals surface area contributed by atoms with Crippen molar-refractivity contribution in [2.24, 2.45) is 5.92 Å². The highest BCUT2D eigenvalue weighted by Crippen LogP contribution is 2.40. The topological polar surface area (TPSA) is 43.8 Å². The van der Waals surface area contributed by atoms with Crippen LogP contribution in [-0.2, 0) is 0 Å². The molecule has 0 saturated heterocycles. The third-order valence-electron chi connectivity index (χ3n) is 3.59. The van der Waals surface area contributed by atoms with Crippen molar-refractivity contribution in [3.05, 3.63) is 23.8 Å². The second-order valence-corrected chi connectivity index (χ2v) is 5.06. The number of fused-ring (bicyclic) bond motifs is 1. The Morgan fingerprint density at radius 1 is 1.38 bits per heavy atom.